The van der Waals surface area contributed by atoms with E-state index in [1.54, 1.807) is 6.20 Å². The first-order valence-corrected chi connectivity index (χ1v) is 10.6. The fourth-order valence-corrected chi connectivity index (χ4v) is 4.04. The number of nitrogens with one attached hydrogen (secondary N) is 1. The summed E-state index contributed by atoms with van der Waals surface area (Å²) in [6, 6.07) is 16.7. The molecule has 1 atom stereocenters. The summed E-state index contributed by atoms with van der Waals surface area (Å²) < 4.78 is 11.1. The van der Waals surface area contributed by atoms with Gasteiger partial charge in [0, 0.05) is 22.7 Å². The third kappa shape index (κ3) is 3.39. The maximum atomic E-state index is 13.2. The van der Waals surface area contributed by atoms with Gasteiger partial charge in [0.05, 0.1) is 17.8 Å². The number of oxazole rings is 1. The Kier molecular flexibility index (Phi) is 4.65. The molecule has 0 aliphatic carbocycles. The Morgan fingerprint density at radius 1 is 1.00 bits per heavy atom. The van der Waals surface area contributed by atoms with Crippen LogP contribution in [0, 0.1) is 0 Å². The van der Waals surface area contributed by atoms with Crippen molar-refractivity contribution in [3.8, 4) is 28.6 Å². The number of para-hydroxylation sites is 1. The number of benzene rings is 2. The van der Waals surface area contributed by atoms with E-state index in [2.05, 4.69) is 25.3 Å². The molecule has 9 nitrogen and oxygen atoms in total. The molecule has 0 saturated heterocycles. The van der Waals surface area contributed by atoms with E-state index in [1.807, 2.05) is 54.6 Å². The SMILES string of the molecule is Nc1nc(-c2ncco2)c(-c2ccc3ncccc3c2)nc1C(=O)N[C@H]1COc2ccccc21. The lowest BCUT2D eigenvalue weighted by Gasteiger charge is -2.14. The zero-order valence-electron chi connectivity index (χ0n) is 17.8. The molecule has 0 spiro atoms. The van der Waals surface area contributed by atoms with Gasteiger partial charge in [0.1, 0.15) is 24.3 Å². The van der Waals surface area contributed by atoms with E-state index < -0.39 is 5.91 Å². The smallest absolute Gasteiger partial charge is 0.274 e. The van der Waals surface area contributed by atoms with Crippen LogP contribution in [0.2, 0.25) is 0 Å². The van der Waals surface area contributed by atoms with Crippen molar-refractivity contribution in [3.63, 3.8) is 0 Å². The zero-order chi connectivity index (χ0) is 23.1. The fraction of sp³-hybridized carbons (Fsp3) is 0.0800. The van der Waals surface area contributed by atoms with Crippen molar-refractivity contribution in [2.45, 2.75) is 6.04 Å². The van der Waals surface area contributed by atoms with E-state index in [9.17, 15) is 4.79 Å². The van der Waals surface area contributed by atoms with Crippen LogP contribution in [0.15, 0.2) is 77.7 Å². The van der Waals surface area contributed by atoms with Crippen LogP contribution in [-0.4, -0.2) is 32.4 Å². The van der Waals surface area contributed by atoms with Gasteiger partial charge >= 0.3 is 0 Å². The van der Waals surface area contributed by atoms with Crippen molar-refractivity contribution in [1.29, 1.82) is 0 Å². The summed E-state index contributed by atoms with van der Waals surface area (Å²) in [7, 11) is 0. The Balaban J connectivity index is 1.43. The number of nitrogens with zero attached hydrogens (tertiary/aromatic N) is 4. The molecule has 0 fully saturated rings. The molecule has 0 radical (unpaired) electrons. The lowest BCUT2D eigenvalue weighted by atomic mass is 10.1. The molecular weight excluding hydrogens is 432 g/mol. The predicted octanol–water partition coefficient (Wildman–Crippen LogP) is 3.79. The van der Waals surface area contributed by atoms with E-state index in [1.165, 1.54) is 12.5 Å². The first-order valence-electron chi connectivity index (χ1n) is 10.6. The average Bonchev–Trinajstić information content (AvgIpc) is 3.54. The third-order valence-electron chi connectivity index (χ3n) is 5.65. The molecular formula is C25H18N6O3. The summed E-state index contributed by atoms with van der Waals surface area (Å²) in [6.07, 6.45) is 4.69. The summed E-state index contributed by atoms with van der Waals surface area (Å²) >= 11 is 0. The van der Waals surface area contributed by atoms with Crippen LogP contribution >= 0.6 is 0 Å². The van der Waals surface area contributed by atoms with Gasteiger partial charge in [-0.2, -0.15) is 0 Å². The number of aromatic nitrogens is 4. The third-order valence-corrected chi connectivity index (χ3v) is 5.65. The van der Waals surface area contributed by atoms with Crippen LogP contribution in [-0.2, 0) is 0 Å². The van der Waals surface area contributed by atoms with E-state index >= 15 is 0 Å². The van der Waals surface area contributed by atoms with Crippen molar-refractivity contribution in [2.75, 3.05) is 12.3 Å². The van der Waals surface area contributed by atoms with Gasteiger partial charge in [0.25, 0.3) is 5.91 Å². The minimum atomic E-state index is -0.446. The van der Waals surface area contributed by atoms with Crippen LogP contribution < -0.4 is 15.8 Å². The maximum absolute atomic E-state index is 13.2. The second-order valence-electron chi connectivity index (χ2n) is 7.78. The quantitative estimate of drug-likeness (QED) is 0.423. The van der Waals surface area contributed by atoms with Crippen LogP contribution in [0.4, 0.5) is 5.82 Å². The monoisotopic (exact) mass is 450 g/mol. The van der Waals surface area contributed by atoms with Crippen LogP contribution in [0.5, 0.6) is 5.75 Å². The van der Waals surface area contributed by atoms with Gasteiger partial charge in [-0.3, -0.25) is 9.78 Å². The molecule has 2 aromatic carbocycles. The first-order chi connectivity index (χ1) is 16.7. The number of pyridine rings is 1. The van der Waals surface area contributed by atoms with Gasteiger partial charge in [-0.15, -0.1) is 0 Å². The summed E-state index contributed by atoms with van der Waals surface area (Å²) in [5.74, 6) is 0.532. The molecule has 0 bridgehead atoms. The molecule has 3 aromatic heterocycles. The average molecular weight is 450 g/mol. The standard InChI is InChI=1S/C25H18N6O3/c26-23-22(24(32)29-18-13-34-19-6-2-1-5-16(18)19)30-20(21(31-23)25-28-10-11-33-25)15-7-8-17-14(12-15)4-3-9-27-17/h1-12,18H,13H2,(H2,26,31)(H,29,32)/t18-/m0/s1. The Morgan fingerprint density at radius 2 is 1.91 bits per heavy atom. The van der Waals surface area contributed by atoms with Gasteiger partial charge in [-0.05, 0) is 24.3 Å². The number of anilines is 1. The minimum absolute atomic E-state index is 0.0148. The molecule has 0 saturated carbocycles. The van der Waals surface area contributed by atoms with Crippen molar-refractivity contribution < 1.29 is 13.9 Å². The van der Waals surface area contributed by atoms with Crippen molar-refractivity contribution >= 4 is 22.6 Å². The second-order valence-corrected chi connectivity index (χ2v) is 7.78. The van der Waals surface area contributed by atoms with E-state index in [0.717, 1.165) is 27.8 Å². The molecule has 1 aliphatic rings. The summed E-state index contributed by atoms with van der Waals surface area (Å²) in [6.45, 7) is 0.331. The predicted molar refractivity (Wildman–Crippen MR) is 125 cm³/mol. The number of hydrogen-bond acceptors (Lipinski definition) is 8. The topological polar surface area (TPSA) is 129 Å². The molecule has 6 rings (SSSR count). The lowest BCUT2D eigenvalue weighted by Crippen LogP contribution is -2.31. The lowest BCUT2D eigenvalue weighted by molar-refractivity contribution is 0.0926. The summed E-state index contributed by atoms with van der Waals surface area (Å²) in [5, 5.41) is 3.88. The molecule has 4 heterocycles. The fourth-order valence-electron chi connectivity index (χ4n) is 4.04. The molecule has 3 N–H and O–H groups in total. The highest BCUT2D eigenvalue weighted by Gasteiger charge is 2.28. The Hall–Kier alpha value is -4.79. The normalized spacial score (nSPS) is 14.5. The number of carbonyl (C=O) groups excluding carboxylic acids is 1. The zero-order valence-corrected chi connectivity index (χ0v) is 17.8. The number of nitrogen functional groups attached to an aromatic ring is 1. The van der Waals surface area contributed by atoms with Crippen LogP contribution in [0.1, 0.15) is 22.1 Å². The molecule has 5 aromatic rings. The van der Waals surface area contributed by atoms with Gasteiger partial charge < -0.3 is 20.2 Å². The number of hydrogen-bond donors (Lipinski definition) is 2. The second kappa shape index (κ2) is 7.96. The summed E-state index contributed by atoms with van der Waals surface area (Å²) in [4.78, 5) is 30.9. The minimum Gasteiger partial charge on any atom is -0.491 e. The number of nitrogens with two attached hydrogens (primary N) is 1. The Morgan fingerprint density at radius 3 is 2.79 bits per heavy atom. The molecule has 166 valence electrons. The number of rotatable bonds is 4. The van der Waals surface area contributed by atoms with Gasteiger partial charge in [0.2, 0.25) is 5.89 Å². The van der Waals surface area contributed by atoms with Crippen molar-refractivity contribution in [3.05, 3.63) is 84.5 Å². The number of amides is 1. The van der Waals surface area contributed by atoms with E-state index in [0.29, 0.717) is 18.0 Å². The van der Waals surface area contributed by atoms with Gasteiger partial charge in [0.15, 0.2) is 17.2 Å². The van der Waals surface area contributed by atoms with E-state index in [4.69, 9.17) is 14.9 Å². The van der Waals surface area contributed by atoms with Crippen LogP contribution in [0.3, 0.4) is 0 Å². The molecule has 1 amide bonds. The van der Waals surface area contributed by atoms with Crippen molar-refractivity contribution in [2.24, 2.45) is 0 Å². The Labute approximate surface area is 193 Å². The summed E-state index contributed by atoms with van der Waals surface area (Å²) in [5.41, 5.74) is 9.44. The number of fused-ring (bicyclic) bond motifs is 2. The molecule has 34 heavy (non-hydrogen) atoms. The number of ether oxygens (including phenoxy) is 1. The molecule has 1 aliphatic heterocycles. The van der Waals surface area contributed by atoms with Crippen molar-refractivity contribution in [1.82, 2.24) is 25.3 Å². The van der Waals surface area contributed by atoms with Crippen LogP contribution in [0.25, 0.3) is 33.7 Å². The maximum Gasteiger partial charge on any atom is 0.274 e. The highest BCUT2D eigenvalue weighted by atomic mass is 16.5. The molecule has 0 unspecified atom stereocenters. The highest BCUT2D eigenvalue weighted by molar-refractivity contribution is 5.98. The van der Waals surface area contributed by atoms with Gasteiger partial charge in [-0.1, -0.05) is 30.3 Å². The van der Waals surface area contributed by atoms with E-state index in [-0.39, 0.29) is 23.4 Å². The first kappa shape index (κ1) is 19.9. The largest absolute Gasteiger partial charge is 0.491 e. The molecule has 9 heteroatoms. The highest BCUT2D eigenvalue weighted by Crippen LogP contribution is 2.34. The van der Waals surface area contributed by atoms with Gasteiger partial charge in [-0.25, -0.2) is 15.0 Å². The number of carbonyl (C=O) groups is 1. The Bertz CT molecular complexity index is 1530.